The molecule has 0 atom stereocenters. The number of hydrogen-bond donors (Lipinski definition) is 0. The second kappa shape index (κ2) is 7.15. The molecule has 3 aromatic rings. The van der Waals surface area contributed by atoms with Crippen molar-refractivity contribution in [2.75, 3.05) is 32.7 Å². The molecule has 1 aliphatic rings. The summed E-state index contributed by atoms with van der Waals surface area (Å²) in [6.45, 7) is 6.08. The number of rotatable bonds is 4. The molecule has 0 bridgehead atoms. The van der Waals surface area contributed by atoms with Crippen LogP contribution in [0.2, 0.25) is 0 Å². The topological polar surface area (TPSA) is 41.6 Å². The zero-order valence-electron chi connectivity index (χ0n) is 15.1. The molecule has 1 aromatic carbocycles. The Bertz CT molecular complexity index is 971. The van der Waals surface area contributed by atoms with E-state index in [1.54, 1.807) is 21.6 Å². The van der Waals surface area contributed by atoms with Crippen LogP contribution in [-0.4, -0.2) is 53.0 Å². The molecule has 5 nitrogen and oxygen atoms in total. The number of benzene rings is 1. The van der Waals surface area contributed by atoms with Crippen LogP contribution in [0.4, 0.5) is 8.78 Å². The van der Waals surface area contributed by atoms with Crippen LogP contribution in [0.25, 0.3) is 11.1 Å². The molecule has 27 heavy (non-hydrogen) atoms. The van der Waals surface area contributed by atoms with Gasteiger partial charge in [-0.25, -0.2) is 8.78 Å². The molecule has 142 valence electrons. The Kier molecular flexibility index (Phi) is 4.70. The maximum atomic E-state index is 14.2. The number of carbonyl (C=O) groups excluding carboxylic acids is 1. The van der Waals surface area contributed by atoms with Crippen LogP contribution in [0.5, 0.6) is 0 Å². The van der Waals surface area contributed by atoms with Crippen LogP contribution in [-0.2, 0) is 6.54 Å². The summed E-state index contributed by atoms with van der Waals surface area (Å²) >= 11 is 0. The normalized spacial score (nSPS) is 15.6. The monoisotopic (exact) mass is 373 g/mol. The largest absolute Gasteiger partial charge is 0.463 e. The van der Waals surface area contributed by atoms with Crippen molar-refractivity contribution in [3.8, 4) is 0 Å². The Morgan fingerprint density at radius 1 is 1.15 bits per heavy atom. The van der Waals surface area contributed by atoms with Gasteiger partial charge in [0.25, 0.3) is 5.91 Å². The molecule has 0 aliphatic carbocycles. The first-order valence-corrected chi connectivity index (χ1v) is 9.09. The standard InChI is InChI=1S/C20H21F2N3O2/c1-2-23-7-9-24(10-8-23)20(26)17-12-18-16(6-11-27-18)25(17)13-14-4-3-5-15(21)19(14)22/h3-6,11-12H,2,7-10,13H2,1H3. The fourth-order valence-corrected chi connectivity index (χ4v) is 3.59. The second-order valence-corrected chi connectivity index (χ2v) is 6.73. The van der Waals surface area contributed by atoms with Crippen molar-refractivity contribution in [3.05, 3.63) is 59.5 Å². The van der Waals surface area contributed by atoms with Gasteiger partial charge in [-0.2, -0.15) is 0 Å². The van der Waals surface area contributed by atoms with E-state index in [9.17, 15) is 13.6 Å². The molecular weight excluding hydrogens is 352 g/mol. The quantitative estimate of drug-likeness (QED) is 0.704. The predicted molar refractivity (Wildman–Crippen MR) is 97.7 cm³/mol. The SMILES string of the molecule is CCN1CCN(C(=O)c2cc3occc3n2Cc2cccc(F)c2F)CC1. The number of carbonyl (C=O) groups is 1. The molecule has 0 N–H and O–H groups in total. The summed E-state index contributed by atoms with van der Waals surface area (Å²) in [5.74, 6) is -1.90. The molecule has 0 saturated carbocycles. The first-order chi connectivity index (χ1) is 13.1. The Morgan fingerprint density at radius 3 is 2.67 bits per heavy atom. The fraction of sp³-hybridized carbons (Fsp3) is 0.350. The van der Waals surface area contributed by atoms with Crippen molar-refractivity contribution in [3.63, 3.8) is 0 Å². The molecule has 0 spiro atoms. The summed E-state index contributed by atoms with van der Waals surface area (Å²) in [6.07, 6.45) is 1.53. The van der Waals surface area contributed by atoms with Crippen LogP contribution in [0.3, 0.4) is 0 Å². The Hall–Kier alpha value is -2.67. The lowest BCUT2D eigenvalue weighted by atomic mass is 10.2. The average Bonchev–Trinajstić information content (AvgIpc) is 3.27. The van der Waals surface area contributed by atoms with E-state index in [1.165, 1.54) is 18.4 Å². The average molecular weight is 373 g/mol. The number of halogens is 2. The fourth-order valence-electron chi connectivity index (χ4n) is 3.59. The summed E-state index contributed by atoms with van der Waals surface area (Å²) < 4.78 is 34.9. The van der Waals surface area contributed by atoms with E-state index in [-0.39, 0.29) is 18.0 Å². The molecule has 1 amide bonds. The molecule has 2 aromatic heterocycles. The smallest absolute Gasteiger partial charge is 0.270 e. The van der Waals surface area contributed by atoms with Crippen LogP contribution in [0.15, 0.2) is 41.0 Å². The minimum atomic E-state index is -0.897. The van der Waals surface area contributed by atoms with Gasteiger partial charge in [0, 0.05) is 43.9 Å². The van der Waals surface area contributed by atoms with Gasteiger partial charge < -0.3 is 18.8 Å². The van der Waals surface area contributed by atoms with Crippen molar-refractivity contribution in [2.45, 2.75) is 13.5 Å². The van der Waals surface area contributed by atoms with Crippen LogP contribution in [0, 0.1) is 11.6 Å². The van der Waals surface area contributed by atoms with Gasteiger partial charge >= 0.3 is 0 Å². The molecule has 1 aliphatic heterocycles. The minimum Gasteiger partial charge on any atom is -0.463 e. The zero-order chi connectivity index (χ0) is 19.0. The van der Waals surface area contributed by atoms with Crippen molar-refractivity contribution in [1.29, 1.82) is 0 Å². The number of aromatic nitrogens is 1. The van der Waals surface area contributed by atoms with E-state index in [0.29, 0.717) is 29.9 Å². The molecule has 0 radical (unpaired) electrons. The highest BCUT2D eigenvalue weighted by atomic mass is 19.2. The number of nitrogens with zero attached hydrogens (tertiary/aromatic N) is 3. The Balaban J connectivity index is 1.67. The van der Waals surface area contributed by atoms with E-state index in [1.807, 2.05) is 0 Å². The molecular formula is C20H21F2N3O2. The summed E-state index contributed by atoms with van der Waals surface area (Å²) in [6, 6.07) is 7.49. The lowest BCUT2D eigenvalue weighted by Crippen LogP contribution is -2.48. The van der Waals surface area contributed by atoms with Crippen molar-refractivity contribution in [2.24, 2.45) is 0 Å². The number of amides is 1. The molecule has 4 rings (SSSR count). The summed E-state index contributed by atoms with van der Waals surface area (Å²) in [7, 11) is 0. The van der Waals surface area contributed by atoms with Gasteiger partial charge in [-0.1, -0.05) is 19.1 Å². The van der Waals surface area contributed by atoms with Gasteiger partial charge in [0.05, 0.1) is 18.3 Å². The Morgan fingerprint density at radius 2 is 1.93 bits per heavy atom. The Labute approximate surface area is 155 Å². The molecule has 3 heterocycles. The van der Waals surface area contributed by atoms with Gasteiger partial charge in [-0.3, -0.25) is 4.79 Å². The van der Waals surface area contributed by atoms with Crippen LogP contribution >= 0.6 is 0 Å². The predicted octanol–water partition coefficient (Wildman–Crippen LogP) is 3.34. The third kappa shape index (κ3) is 3.23. The van der Waals surface area contributed by atoms with Gasteiger partial charge in [0.1, 0.15) is 5.69 Å². The van der Waals surface area contributed by atoms with E-state index < -0.39 is 11.6 Å². The summed E-state index contributed by atoms with van der Waals surface area (Å²) in [5.41, 5.74) is 1.87. The lowest BCUT2D eigenvalue weighted by Gasteiger charge is -2.34. The zero-order valence-corrected chi connectivity index (χ0v) is 15.1. The number of likely N-dealkylation sites (N-methyl/N-ethyl adjacent to an activating group) is 1. The van der Waals surface area contributed by atoms with Gasteiger partial charge in [0.15, 0.2) is 17.2 Å². The van der Waals surface area contributed by atoms with E-state index in [0.717, 1.165) is 25.7 Å². The first-order valence-electron chi connectivity index (χ1n) is 9.09. The summed E-state index contributed by atoms with van der Waals surface area (Å²) in [4.78, 5) is 17.2. The van der Waals surface area contributed by atoms with E-state index >= 15 is 0 Å². The van der Waals surface area contributed by atoms with Gasteiger partial charge in [0.2, 0.25) is 0 Å². The van der Waals surface area contributed by atoms with Crippen LogP contribution in [0.1, 0.15) is 23.0 Å². The maximum absolute atomic E-state index is 14.2. The summed E-state index contributed by atoms with van der Waals surface area (Å²) in [5, 5.41) is 0. The van der Waals surface area contributed by atoms with Crippen LogP contribution < -0.4 is 0 Å². The number of fused-ring (bicyclic) bond motifs is 1. The van der Waals surface area contributed by atoms with E-state index in [2.05, 4.69) is 11.8 Å². The van der Waals surface area contributed by atoms with Crippen molar-refractivity contribution >= 4 is 17.0 Å². The maximum Gasteiger partial charge on any atom is 0.270 e. The number of piperazine rings is 1. The molecule has 1 fully saturated rings. The minimum absolute atomic E-state index is 0.0582. The highest BCUT2D eigenvalue weighted by Crippen LogP contribution is 2.25. The highest BCUT2D eigenvalue weighted by molar-refractivity contribution is 5.97. The third-order valence-corrected chi connectivity index (χ3v) is 5.21. The molecule has 7 heteroatoms. The first kappa shape index (κ1) is 17.7. The van der Waals surface area contributed by atoms with Gasteiger partial charge in [-0.15, -0.1) is 0 Å². The van der Waals surface area contributed by atoms with E-state index in [4.69, 9.17) is 4.42 Å². The van der Waals surface area contributed by atoms with Crippen molar-refractivity contribution in [1.82, 2.24) is 14.4 Å². The second-order valence-electron chi connectivity index (χ2n) is 6.73. The number of furan rings is 1. The molecule has 0 unspecified atom stereocenters. The van der Waals surface area contributed by atoms with Gasteiger partial charge in [-0.05, 0) is 12.6 Å². The number of hydrogen-bond acceptors (Lipinski definition) is 3. The third-order valence-electron chi connectivity index (χ3n) is 5.21. The lowest BCUT2D eigenvalue weighted by molar-refractivity contribution is 0.0633. The van der Waals surface area contributed by atoms with Crippen molar-refractivity contribution < 1.29 is 18.0 Å². The highest BCUT2D eigenvalue weighted by Gasteiger charge is 2.26. The molecule has 1 saturated heterocycles.